The van der Waals surface area contributed by atoms with Crippen LogP contribution < -0.4 is 10.4 Å². The van der Waals surface area contributed by atoms with Crippen molar-refractivity contribution >= 4 is 27.3 Å². The maximum Gasteiger partial charge on any atom is 0.270 e. The first-order valence-corrected chi connectivity index (χ1v) is 10.1. The topological polar surface area (TPSA) is 69.7 Å². The second-order valence-corrected chi connectivity index (χ2v) is 8.41. The van der Waals surface area contributed by atoms with Gasteiger partial charge in [0.15, 0.2) is 0 Å². The van der Waals surface area contributed by atoms with Crippen LogP contribution in [0, 0.1) is 0 Å². The molecule has 0 unspecified atom stereocenters. The predicted octanol–water partition coefficient (Wildman–Crippen LogP) is 3.42. The van der Waals surface area contributed by atoms with E-state index in [4.69, 9.17) is 0 Å². The van der Waals surface area contributed by atoms with Crippen LogP contribution in [0.4, 0.5) is 11.4 Å². The highest BCUT2D eigenvalue weighted by Gasteiger charge is 2.20. The van der Waals surface area contributed by atoms with Gasteiger partial charge < -0.3 is 0 Å². The smallest absolute Gasteiger partial charge is 0.267 e. The number of para-hydroxylation sites is 2. The number of amides is 1. The van der Waals surface area contributed by atoms with Crippen LogP contribution in [0.2, 0.25) is 0 Å². The second-order valence-electron chi connectivity index (χ2n) is 6.26. The Kier molecular flexibility index (Phi) is 5.77. The fourth-order valence-corrected chi connectivity index (χ4v) is 3.56. The van der Waals surface area contributed by atoms with Gasteiger partial charge in [0.2, 0.25) is 10.0 Å². The molecule has 28 heavy (non-hydrogen) atoms. The van der Waals surface area contributed by atoms with E-state index in [2.05, 4.69) is 5.43 Å². The zero-order valence-corrected chi connectivity index (χ0v) is 16.4. The van der Waals surface area contributed by atoms with E-state index in [1.807, 2.05) is 60.7 Å². The quantitative estimate of drug-likeness (QED) is 0.650. The summed E-state index contributed by atoms with van der Waals surface area (Å²) in [6.45, 7) is 0. The van der Waals surface area contributed by atoms with Gasteiger partial charge in [-0.1, -0.05) is 42.5 Å². The van der Waals surface area contributed by atoms with Crippen molar-refractivity contribution in [3.8, 4) is 0 Å². The molecule has 3 rings (SSSR count). The summed E-state index contributed by atoms with van der Waals surface area (Å²) in [6, 6.07) is 24.8. The van der Waals surface area contributed by atoms with E-state index in [0.717, 1.165) is 15.7 Å². The molecule has 0 aromatic heterocycles. The Labute approximate surface area is 165 Å². The van der Waals surface area contributed by atoms with Crippen LogP contribution in [0.15, 0.2) is 89.8 Å². The summed E-state index contributed by atoms with van der Waals surface area (Å²) < 4.78 is 25.8. The molecule has 144 valence electrons. The number of hydrogen-bond acceptors (Lipinski definition) is 4. The maximum absolute atomic E-state index is 12.9. The number of sulfonamides is 1. The number of rotatable bonds is 6. The third kappa shape index (κ3) is 4.21. The summed E-state index contributed by atoms with van der Waals surface area (Å²) in [5, 5.41) is 1.66. The SMILES string of the molecule is CN(C)S(=O)(=O)c1cccc(C(=O)NN(c2ccccc2)c2ccccc2)c1. The third-order valence-corrected chi connectivity index (χ3v) is 5.93. The Morgan fingerprint density at radius 2 is 1.32 bits per heavy atom. The molecule has 0 aliphatic rings. The first-order valence-electron chi connectivity index (χ1n) is 8.63. The van der Waals surface area contributed by atoms with Crippen molar-refractivity contribution in [3.05, 3.63) is 90.5 Å². The van der Waals surface area contributed by atoms with E-state index in [1.54, 1.807) is 17.1 Å². The largest absolute Gasteiger partial charge is 0.270 e. The molecular formula is C21H21N3O3S. The summed E-state index contributed by atoms with van der Waals surface area (Å²) in [5.74, 6) is -0.413. The molecule has 0 fully saturated rings. The van der Waals surface area contributed by atoms with Gasteiger partial charge in [0, 0.05) is 19.7 Å². The standard InChI is InChI=1S/C21H21N3O3S/c1-23(2)28(26,27)20-15-9-10-17(16-20)21(25)22-24(18-11-5-3-6-12-18)19-13-7-4-8-14-19/h3-16H,1-2H3,(H,22,25). The molecular weight excluding hydrogens is 374 g/mol. The molecule has 0 atom stereocenters. The number of nitrogens with one attached hydrogen (secondary N) is 1. The van der Waals surface area contributed by atoms with Gasteiger partial charge in [-0.05, 0) is 42.5 Å². The van der Waals surface area contributed by atoms with Crippen LogP contribution in [0.5, 0.6) is 0 Å². The molecule has 0 saturated heterocycles. The third-order valence-electron chi connectivity index (χ3n) is 4.12. The van der Waals surface area contributed by atoms with Gasteiger partial charge in [-0.3, -0.25) is 15.2 Å². The zero-order valence-electron chi connectivity index (χ0n) is 15.6. The lowest BCUT2D eigenvalue weighted by atomic mass is 10.2. The number of benzene rings is 3. The van der Waals surface area contributed by atoms with Crippen molar-refractivity contribution in [3.63, 3.8) is 0 Å². The molecule has 6 nitrogen and oxygen atoms in total. The summed E-state index contributed by atoms with van der Waals surface area (Å²) in [6.07, 6.45) is 0. The van der Waals surface area contributed by atoms with Crippen LogP contribution in [0.3, 0.4) is 0 Å². The van der Waals surface area contributed by atoms with E-state index < -0.39 is 15.9 Å². The number of hydrazine groups is 1. The van der Waals surface area contributed by atoms with E-state index in [0.29, 0.717) is 0 Å². The van der Waals surface area contributed by atoms with Crippen LogP contribution >= 0.6 is 0 Å². The highest BCUT2D eigenvalue weighted by molar-refractivity contribution is 7.89. The Hall–Kier alpha value is -3.16. The van der Waals surface area contributed by atoms with Gasteiger partial charge in [0.05, 0.1) is 16.3 Å². The summed E-state index contributed by atoms with van der Waals surface area (Å²) in [4.78, 5) is 13.0. The monoisotopic (exact) mass is 395 g/mol. The normalized spacial score (nSPS) is 11.2. The highest BCUT2D eigenvalue weighted by atomic mass is 32.2. The van der Waals surface area contributed by atoms with Crippen LogP contribution in [0.25, 0.3) is 0 Å². The molecule has 0 radical (unpaired) electrons. The van der Waals surface area contributed by atoms with Crippen molar-refractivity contribution in [2.75, 3.05) is 19.1 Å². The maximum atomic E-state index is 12.9. The first-order chi connectivity index (χ1) is 13.4. The molecule has 3 aromatic carbocycles. The number of carbonyl (C=O) groups is 1. The molecule has 0 saturated carbocycles. The fraction of sp³-hybridized carbons (Fsp3) is 0.0952. The average Bonchev–Trinajstić information content (AvgIpc) is 2.73. The molecule has 0 heterocycles. The molecule has 1 N–H and O–H groups in total. The number of hydrogen-bond donors (Lipinski definition) is 1. The van der Waals surface area contributed by atoms with Gasteiger partial charge >= 0.3 is 0 Å². The van der Waals surface area contributed by atoms with Gasteiger partial charge in [-0.15, -0.1) is 0 Å². The second kappa shape index (κ2) is 8.24. The fourth-order valence-electron chi connectivity index (χ4n) is 2.61. The molecule has 1 amide bonds. The van der Waals surface area contributed by atoms with Crippen molar-refractivity contribution in [1.29, 1.82) is 0 Å². The molecule has 0 spiro atoms. The lowest BCUT2D eigenvalue weighted by Crippen LogP contribution is -2.39. The Morgan fingerprint density at radius 1 is 0.786 bits per heavy atom. The van der Waals surface area contributed by atoms with Crippen LogP contribution in [-0.2, 0) is 10.0 Å². The molecule has 3 aromatic rings. The minimum absolute atomic E-state index is 0.0659. The molecule has 0 aliphatic carbocycles. The minimum Gasteiger partial charge on any atom is -0.267 e. The average molecular weight is 395 g/mol. The summed E-state index contributed by atoms with van der Waals surface area (Å²) in [5.41, 5.74) is 4.66. The van der Waals surface area contributed by atoms with E-state index in [1.165, 1.54) is 26.2 Å². The van der Waals surface area contributed by atoms with Crippen LogP contribution in [-0.4, -0.2) is 32.7 Å². The lowest BCUT2D eigenvalue weighted by molar-refractivity contribution is 0.0953. The first kappa shape index (κ1) is 19.6. The van der Waals surface area contributed by atoms with Crippen LogP contribution in [0.1, 0.15) is 10.4 Å². The molecule has 0 bridgehead atoms. The van der Waals surface area contributed by atoms with Gasteiger partial charge in [0.25, 0.3) is 5.91 Å². The van der Waals surface area contributed by atoms with E-state index in [-0.39, 0.29) is 10.5 Å². The molecule has 7 heteroatoms. The Morgan fingerprint density at radius 3 is 1.82 bits per heavy atom. The number of nitrogens with zero attached hydrogens (tertiary/aromatic N) is 2. The van der Waals surface area contributed by atoms with Crippen molar-refractivity contribution in [1.82, 2.24) is 9.73 Å². The lowest BCUT2D eigenvalue weighted by Gasteiger charge is -2.25. The predicted molar refractivity (Wildman–Crippen MR) is 110 cm³/mol. The van der Waals surface area contributed by atoms with Crippen molar-refractivity contribution < 1.29 is 13.2 Å². The minimum atomic E-state index is -3.63. The van der Waals surface area contributed by atoms with Gasteiger partial charge in [-0.2, -0.15) is 0 Å². The van der Waals surface area contributed by atoms with E-state index in [9.17, 15) is 13.2 Å². The van der Waals surface area contributed by atoms with Gasteiger partial charge in [-0.25, -0.2) is 12.7 Å². The van der Waals surface area contributed by atoms with Gasteiger partial charge in [0.1, 0.15) is 0 Å². The summed E-state index contributed by atoms with van der Waals surface area (Å²) in [7, 11) is -0.720. The Balaban J connectivity index is 1.93. The molecule has 0 aliphatic heterocycles. The zero-order chi connectivity index (χ0) is 20.1. The summed E-state index contributed by atoms with van der Waals surface area (Å²) >= 11 is 0. The van der Waals surface area contributed by atoms with Crippen molar-refractivity contribution in [2.24, 2.45) is 0 Å². The number of anilines is 2. The van der Waals surface area contributed by atoms with Crippen molar-refractivity contribution in [2.45, 2.75) is 4.90 Å². The van der Waals surface area contributed by atoms with E-state index >= 15 is 0 Å². The highest BCUT2D eigenvalue weighted by Crippen LogP contribution is 2.23. The Bertz CT molecular complexity index is 1010. The number of carbonyl (C=O) groups excluding carboxylic acids is 1.